The minimum atomic E-state index is 0.539. The lowest BCUT2D eigenvalue weighted by atomic mass is 9.87. The van der Waals surface area contributed by atoms with Gasteiger partial charge in [0.25, 0.3) is 0 Å². The Balaban J connectivity index is 2.06. The Morgan fingerprint density at radius 3 is 2.94 bits per heavy atom. The van der Waals surface area contributed by atoms with E-state index in [-0.39, 0.29) is 0 Å². The Hall–Kier alpha value is -1.32. The van der Waals surface area contributed by atoms with Crippen LogP contribution < -0.4 is 10.1 Å². The van der Waals surface area contributed by atoms with Gasteiger partial charge in [-0.2, -0.15) is 0 Å². The van der Waals surface area contributed by atoms with E-state index in [1.807, 2.05) is 13.8 Å². The molecule has 1 aromatic heterocycles. The Bertz CT molecular complexity index is 395. The maximum Gasteiger partial charge on any atom is 0.221 e. The lowest BCUT2D eigenvalue weighted by Crippen LogP contribution is -2.27. The maximum absolute atomic E-state index is 5.50. The first kappa shape index (κ1) is 13.1. The monoisotopic (exact) mass is 249 g/mol. The molecule has 1 aliphatic rings. The lowest BCUT2D eigenvalue weighted by Gasteiger charge is -2.28. The minimum absolute atomic E-state index is 0.539. The number of nitrogens with one attached hydrogen (secondary N) is 1. The SMILES string of the molecule is CCOc1ncnc(NC2CCCC(C)C2)c1C. The highest BCUT2D eigenvalue weighted by Gasteiger charge is 2.20. The fourth-order valence-corrected chi connectivity index (χ4v) is 2.62. The average Bonchev–Trinajstić information content (AvgIpc) is 2.35. The Morgan fingerprint density at radius 2 is 2.22 bits per heavy atom. The fourth-order valence-electron chi connectivity index (χ4n) is 2.62. The first-order valence-corrected chi connectivity index (χ1v) is 6.91. The Morgan fingerprint density at radius 1 is 1.39 bits per heavy atom. The van der Waals surface area contributed by atoms with E-state index in [9.17, 15) is 0 Å². The van der Waals surface area contributed by atoms with Crippen molar-refractivity contribution in [3.05, 3.63) is 11.9 Å². The van der Waals surface area contributed by atoms with Gasteiger partial charge >= 0.3 is 0 Å². The van der Waals surface area contributed by atoms with Gasteiger partial charge in [0.05, 0.1) is 12.2 Å². The predicted molar refractivity (Wildman–Crippen MR) is 73.0 cm³/mol. The van der Waals surface area contributed by atoms with Crippen molar-refractivity contribution < 1.29 is 4.74 Å². The second-order valence-corrected chi connectivity index (χ2v) is 5.20. The van der Waals surface area contributed by atoms with Gasteiger partial charge in [0.15, 0.2) is 0 Å². The van der Waals surface area contributed by atoms with Gasteiger partial charge in [0.1, 0.15) is 12.1 Å². The van der Waals surface area contributed by atoms with Crippen molar-refractivity contribution in [2.75, 3.05) is 11.9 Å². The van der Waals surface area contributed by atoms with Crippen LogP contribution in [0.25, 0.3) is 0 Å². The molecule has 1 N–H and O–H groups in total. The summed E-state index contributed by atoms with van der Waals surface area (Å²) >= 11 is 0. The largest absolute Gasteiger partial charge is 0.478 e. The summed E-state index contributed by atoms with van der Waals surface area (Å²) in [5.41, 5.74) is 1.01. The standard InChI is InChI=1S/C14H23N3O/c1-4-18-14-11(3)13(15-9-16-14)17-12-7-5-6-10(2)8-12/h9-10,12H,4-8H2,1-3H3,(H,15,16,17). The fraction of sp³-hybridized carbons (Fsp3) is 0.714. The normalized spacial score (nSPS) is 23.7. The highest BCUT2D eigenvalue weighted by atomic mass is 16.5. The summed E-state index contributed by atoms with van der Waals surface area (Å²) < 4.78 is 5.50. The van der Waals surface area contributed by atoms with Gasteiger partial charge in [-0.15, -0.1) is 0 Å². The molecule has 18 heavy (non-hydrogen) atoms. The van der Waals surface area contributed by atoms with Crippen LogP contribution in [0.3, 0.4) is 0 Å². The van der Waals surface area contributed by atoms with E-state index in [0.29, 0.717) is 18.5 Å². The van der Waals surface area contributed by atoms with E-state index >= 15 is 0 Å². The third-order valence-electron chi connectivity index (χ3n) is 3.60. The Kier molecular flexibility index (Phi) is 4.39. The molecule has 0 aliphatic heterocycles. The molecule has 0 radical (unpaired) electrons. The molecule has 4 nitrogen and oxygen atoms in total. The van der Waals surface area contributed by atoms with Crippen molar-refractivity contribution in [3.8, 4) is 5.88 Å². The van der Waals surface area contributed by atoms with Crippen molar-refractivity contribution in [2.45, 2.75) is 52.5 Å². The van der Waals surface area contributed by atoms with Crippen molar-refractivity contribution in [3.63, 3.8) is 0 Å². The number of anilines is 1. The smallest absolute Gasteiger partial charge is 0.221 e. The zero-order chi connectivity index (χ0) is 13.0. The number of aromatic nitrogens is 2. The van der Waals surface area contributed by atoms with Crippen LogP contribution in [0.15, 0.2) is 6.33 Å². The van der Waals surface area contributed by atoms with Crippen LogP contribution in [0.4, 0.5) is 5.82 Å². The second-order valence-electron chi connectivity index (χ2n) is 5.20. The molecule has 1 aromatic rings. The molecule has 2 rings (SSSR count). The molecule has 1 heterocycles. The van der Waals surface area contributed by atoms with Gasteiger partial charge in [-0.05, 0) is 32.6 Å². The van der Waals surface area contributed by atoms with Crippen LogP contribution in [-0.2, 0) is 0 Å². The van der Waals surface area contributed by atoms with E-state index in [0.717, 1.165) is 17.3 Å². The molecule has 0 saturated heterocycles. The molecule has 100 valence electrons. The number of hydrogen-bond acceptors (Lipinski definition) is 4. The molecule has 1 aliphatic carbocycles. The van der Waals surface area contributed by atoms with Crippen molar-refractivity contribution in [2.24, 2.45) is 5.92 Å². The minimum Gasteiger partial charge on any atom is -0.478 e. The number of rotatable bonds is 4. The highest BCUT2D eigenvalue weighted by Crippen LogP contribution is 2.28. The summed E-state index contributed by atoms with van der Waals surface area (Å²) in [5.74, 6) is 2.43. The van der Waals surface area contributed by atoms with E-state index in [1.165, 1.54) is 25.7 Å². The molecule has 1 fully saturated rings. The van der Waals surface area contributed by atoms with Gasteiger partial charge in [0, 0.05) is 6.04 Å². The number of hydrogen-bond donors (Lipinski definition) is 1. The second kappa shape index (κ2) is 6.03. The molecule has 4 heteroatoms. The van der Waals surface area contributed by atoms with Gasteiger partial charge in [0.2, 0.25) is 5.88 Å². The molecule has 0 aromatic carbocycles. The van der Waals surface area contributed by atoms with Crippen LogP contribution in [0, 0.1) is 12.8 Å². The van der Waals surface area contributed by atoms with Crippen LogP contribution >= 0.6 is 0 Å². The third-order valence-corrected chi connectivity index (χ3v) is 3.60. The summed E-state index contributed by atoms with van der Waals surface area (Å²) in [6.07, 6.45) is 6.70. The number of nitrogens with zero attached hydrogens (tertiary/aromatic N) is 2. The van der Waals surface area contributed by atoms with Gasteiger partial charge in [-0.25, -0.2) is 9.97 Å². The first-order chi connectivity index (χ1) is 8.70. The first-order valence-electron chi connectivity index (χ1n) is 6.91. The molecule has 2 unspecified atom stereocenters. The molecule has 0 spiro atoms. The van der Waals surface area contributed by atoms with Gasteiger partial charge in [-0.1, -0.05) is 19.8 Å². The molecule has 0 amide bonds. The summed E-state index contributed by atoms with van der Waals surface area (Å²) in [7, 11) is 0. The van der Waals surface area contributed by atoms with E-state index in [2.05, 4.69) is 22.2 Å². The zero-order valence-electron chi connectivity index (χ0n) is 11.6. The van der Waals surface area contributed by atoms with Crippen LogP contribution in [0.5, 0.6) is 5.88 Å². The zero-order valence-corrected chi connectivity index (χ0v) is 11.6. The van der Waals surface area contributed by atoms with Crippen molar-refractivity contribution in [1.82, 2.24) is 9.97 Å². The molecule has 1 saturated carbocycles. The van der Waals surface area contributed by atoms with Crippen LogP contribution in [0.2, 0.25) is 0 Å². The number of ether oxygens (including phenoxy) is 1. The summed E-state index contributed by atoms with van der Waals surface area (Å²) in [6.45, 7) is 6.95. The molecular weight excluding hydrogens is 226 g/mol. The van der Waals surface area contributed by atoms with E-state index in [1.54, 1.807) is 6.33 Å². The van der Waals surface area contributed by atoms with Gasteiger partial charge < -0.3 is 10.1 Å². The molecule has 0 bridgehead atoms. The van der Waals surface area contributed by atoms with Gasteiger partial charge in [-0.3, -0.25) is 0 Å². The lowest BCUT2D eigenvalue weighted by molar-refractivity contribution is 0.323. The van der Waals surface area contributed by atoms with Crippen molar-refractivity contribution >= 4 is 5.82 Å². The topological polar surface area (TPSA) is 47.0 Å². The summed E-state index contributed by atoms with van der Waals surface area (Å²) in [5, 5.41) is 3.55. The Labute approximate surface area is 109 Å². The van der Waals surface area contributed by atoms with E-state index < -0.39 is 0 Å². The maximum atomic E-state index is 5.50. The summed E-state index contributed by atoms with van der Waals surface area (Å²) in [6, 6.07) is 0.539. The quantitative estimate of drug-likeness (QED) is 0.890. The average molecular weight is 249 g/mol. The van der Waals surface area contributed by atoms with Crippen LogP contribution in [-0.4, -0.2) is 22.6 Å². The van der Waals surface area contributed by atoms with Crippen LogP contribution in [0.1, 0.15) is 45.1 Å². The third kappa shape index (κ3) is 3.12. The molecular formula is C14H23N3O. The summed E-state index contributed by atoms with van der Waals surface area (Å²) in [4.78, 5) is 8.50. The predicted octanol–water partition coefficient (Wildman–Crippen LogP) is 3.17. The molecule has 2 atom stereocenters. The van der Waals surface area contributed by atoms with Crippen molar-refractivity contribution in [1.29, 1.82) is 0 Å². The van der Waals surface area contributed by atoms with E-state index in [4.69, 9.17) is 4.74 Å². The highest BCUT2D eigenvalue weighted by molar-refractivity contribution is 5.48.